The van der Waals surface area contributed by atoms with Gasteiger partial charge in [0.1, 0.15) is 0 Å². The summed E-state index contributed by atoms with van der Waals surface area (Å²) < 4.78 is 0. The first kappa shape index (κ1) is 20.0. The predicted octanol–water partition coefficient (Wildman–Crippen LogP) is 7.42. The van der Waals surface area contributed by atoms with Crippen LogP contribution in [0.25, 0.3) is 11.0 Å². The molecule has 0 amide bonds. The van der Waals surface area contributed by atoms with Gasteiger partial charge in [-0.25, -0.2) is 4.98 Å². The van der Waals surface area contributed by atoms with Crippen molar-refractivity contribution in [2.45, 2.75) is 64.8 Å². The zero-order chi connectivity index (χ0) is 19.7. The van der Waals surface area contributed by atoms with E-state index >= 15 is 0 Å². The van der Waals surface area contributed by atoms with Crippen molar-refractivity contribution in [3.8, 4) is 0 Å². The molecule has 2 aromatic carbocycles. The number of nitrogens with zero attached hydrogens (tertiary/aromatic N) is 1. The molecule has 3 aromatic rings. The number of fused-ring (bicyclic) bond motifs is 1. The molecule has 0 radical (unpaired) electrons. The molecule has 0 saturated heterocycles. The summed E-state index contributed by atoms with van der Waals surface area (Å²) in [7, 11) is 0. The molecule has 1 aromatic heterocycles. The van der Waals surface area contributed by atoms with Gasteiger partial charge in [-0.1, -0.05) is 89.7 Å². The fourth-order valence-corrected chi connectivity index (χ4v) is 4.37. The molecule has 2 nitrogen and oxygen atoms in total. The average Bonchev–Trinajstić information content (AvgIpc) is 3.00. The molecular formula is C24H32N2S. The number of nitrogens with one attached hydrogen (secondary N) is 1. The second-order valence-corrected chi connectivity index (χ2v) is 10.7. The zero-order valence-corrected chi connectivity index (χ0v) is 18.3. The van der Waals surface area contributed by atoms with Crippen LogP contribution in [-0.4, -0.2) is 9.97 Å². The van der Waals surface area contributed by atoms with E-state index in [-0.39, 0.29) is 5.41 Å². The lowest BCUT2D eigenvalue weighted by Gasteiger charge is -2.36. The Balaban J connectivity index is 1.70. The van der Waals surface area contributed by atoms with Crippen molar-refractivity contribution in [1.29, 1.82) is 0 Å². The summed E-state index contributed by atoms with van der Waals surface area (Å²) in [6.07, 6.45) is 1.20. The maximum absolute atomic E-state index is 4.65. The summed E-state index contributed by atoms with van der Waals surface area (Å²) in [4.78, 5) is 8.05. The Hall–Kier alpha value is -1.74. The molecule has 0 fully saturated rings. The Morgan fingerprint density at radius 3 is 2.19 bits per heavy atom. The highest BCUT2D eigenvalue weighted by atomic mass is 32.2. The number of imidazole rings is 1. The number of rotatable bonds is 5. The minimum atomic E-state index is 0.262. The van der Waals surface area contributed by atoms with Gasteiger partial charge >= 0.3 is 0 Å². The van der Waals surface area contributed by atoms with E-state index in [2.05, 4.69) is 81.8 Å². The molecule has 1 unspecified atom stereocenters. The van der Waals surface area contributed by atoms with Crippen molar-refractivity contribution in [1.82, 2.24) is 9.97 Å². The number of benzene rings is 2. The van der Waals surface area contributed by atoms with Gasteiger partial charge in [0.15, 0.2) is 5.16 Å². The molecule has 0 bridgehead atoms. The zero-order valence-electron chi connectivity index (χ0n) is 17.5. The molecule has 0 spiro atoms. The van der Waals surface area contributed by atoms with Crippen LogP contribution in [0.3, 0.4) is 0 Å². The molecular weight excluding hydrogens is 348 g/mol. The Kier molecular flexibility index (Phi) is 5.71. The number of hydrogen-bond donors (Lipinski definition) is 1. The average molecular weight is 381 g/mol. The second-order valence-electron chi connectivity index (χ2n) is 9.77. The monoisotopic (exact) mass is 380 g/mol. The van der Waals surface area contributed by atoms with Gasteiger partial charge in [0.25, 0.3) is 0 Å². The summed E-state index contributed by atoms with van der Waals surface area (Å²) in [5, 5.41) is 0.987. The maximum Gasteiger partial charge on any atom is 0.166 e. The first-order chi connectivity index (χ1) is 12.6. The van der Waals surface area contributed by atoms with E-state index in [0.717, 1.165) is 21.9 Å². The van der Waals surface area contributed by atoms with Gasteiger partial charge in [0.05, 0.1) is 11.0 Å². The third-order valence-electron chi connectivity index (χ3n) is 4.99. The molecule has 1 N–H and O–H groups in total. The van der Waals surface area contributed by atoms with Crippen LogP contribution in [0, 0.1) is 10.8 Å². The van der Waals surface area contributed by atoms with Gasteiger partial charge in [0, 0.05) is 5.75 Å². The summed E-state index contributed by atoms with van der Waals surface area (Å²) in [6.45, 7) is 14.1. The minimum absolute atomic E-state index is 0.262. The van der Waals surface area contributed by atoms with Gasteiger partial charge in [-0.2, -0.15) is 0 Å². The SMILES string of the molecule is CC(C)(C)CC(c1ccc(CSc2nc3ccccc3[nH]2)cc1)C(C)(C)C. The third-order valence-corrected chi connectivity index (χ3v) is 5.93. The van der Waals surface area contributed by atoms with Crippen molar-refractivity contribution in [2.24, 2.45) is 10.8 Å². The molecule has 0 aliphatic heterocycles. The lowest BCUT2D eigenvalue weighted by atomic mass is 9.69. The summed E-state index contributed by atoms with van der Waals surface area (Å²) in [5.74, 6) is 1.49. The standard InChI is InChI=1S/C24H32N2S/c1-23(2,3)15-19(24(4,5)6)18-13-11-17(12-14-18)16-27-22-25-20-9-7-8-10-21(20)26-22/h7-14,19H,15-16H2,1-6H3,(H,25,26). The highest BCUT2D eigenvalue weighted by molar-refractivity contribution is 7.98. The van der Waals surface area contributed by atoms with E-state index in [1.54, 1.807) is 11.8 Å². The topological polar surface area (TPSA) is 28.7 Å². The second kappa shape index (κ2) is 7.71. The molecule has 27 heavy (non-hydrogen) atoms. The van der Waals surface area contributed by atoms with Gasteiger partial charge in [-0.3, -0.25) is 0 Å². The molecule has 0 saturated carbocycles. The molecule has 144 valence electrons. The van der Waals surface area contributed by atoms with Gasteiger partial charge in [-0.05, 0) is 46.4 Å². The number of aromatic amines is 1. The highest BCUT2D eigenvalue weighted by Gasteiger charge is 2.30. The first-order valence-electron chi connectivity index (χ1n) is 9.78. The number of H-pyrrole nitrogens is 1. The fourth-order valence-electron chi connectivity index (χ4n) is 3.53. The smallest absolute Gasteiger partial charge is 0.166 e. The van der Waals surface area contributed by atoms with E-state index < -0.39 is 0 Å². The van der Waals surface area contributed by atoms with Crippen LogP contribution in [0.4, 0.5) is 0 Å². The number of aromatic nitrogens is 2. The van der Waals surface area contributed by atoms with E-state index in [1.807, 2.05) is 18.2 Å². The van der Waals surface area contributed by atoms with Crippen molar-refractivity contribution < 1.29 is 0 Å². The molecule has 1 heterocycles. The first-order valence-corrected chi connectivity index (χ1v) is 10.8. The van der Waals surface area contributed by atoms with Crippen LogP contribution >= 0.6 is 11.8 Å². The van der Waals surface area contributed by atoms with Gasteiger partial charge in [0.2, 0.25) is 0 Å². The number of para-hydroxylation sites is 2. The van der Waals surface area contributed by atoms with E-state index in [0.29, 0.717) is 11.3 Å². The van der Waals surface area contributed by atoms with Gasteiger partial charge in [-0.15, -0.1) is 0 Å². The third kappa shape index (κ3) is 5.38. The number of hydrogen-bond acceptors (Lipinski definition) is 2. The fraction of sp³-hybridized carbons (Fsp3) is 0.458. The lowest BCUT2D eigenvalue weighted by molar-refractivity contribution is 0.229. The van der Waals surface area contributed by atoms with Crippen molar-refractivity contribution in [3.63, 3.8) is 0 Å². The van der Waals surface area contributed by atoms with Crippen LogP contribution in [0.15, 0.2) is 53.7 Å². The van der Waals surface area contributed by atoms with Crippen LogP contribution in [0.5, 0.6) is 0 Å². The Labute approximate surface area is 168 Å². The van der Waals surface area contributed by atoms with Crippen LogP contribution < -0.4 is 0 Å². The van der Waals surface area contributed by atoms with Crippen LogP contribution in [0.2, 0.25) is 0 Å². The molecule has 3 rings (SSSR count). The molecule has 3 heteroatoms. The van der Waals surface area contributed by atoms with Crippen molar-refractivity contribution in [3.05, 3.63) is 59.7 Å². The summed E-state index contributed by atoms with van der Waals surface area (Å²) in [6, 6.07) is 17.4. The maximum atomic E-state index is 4.65. The largest absolute Gasteiger partial charge is 0.333 e. The van der Waals surface area contributed by atoms with E-state index in [1.165, 1.54) is 17.5 Å². The highest BCUT2D eigenvalue weighted by Crippen LogP contribution is 2.43. The lowest BCUT2D eigenvalue weighted by Crippen LogP contribution is -2.23. The summed E-state index contributed by atoms with van der Waals surface area (Å²) in [5.41, 5.74) is 5.52. The van der Waals surface area contributed by atoms with Crippen LogP contribution in [-0.2, 0) is 5.75 Å². The van der Waals surface area contributed by atoms with Gasteiger partial charge < -0.3 is 4.98 Å². The minimum Gasteiger partial charge on any atom is -0.333 e. The normalized spacial score (nSPS) is 13.9. The number of thioether (sulfide) groups is 1. The Morgan fingerprint density at radius 1 is 0.926 bits per heavy atom. The van der Waals surface area contributed by atoms with E-state index in [4.69, 9.17) is 0 Å². The van der Waals surface area contributed by atoms with Crippen molar-refractivity contribution in [2.75, 3.05) is 0 Å². The molecule has 0 aliphatic rings. The summed E-state index contributed by atoms with van der Waals surface area (Å²) >= 11 is 1.76. The predicted molar refractivity (Wildman–Crippen MR) is 118 cm³/mol. The molecule has 1 atom stereocenters. The molecule has 0 aliphatic carbocycles. The van der Waals surface area contributed by atoms with E-state index in [9.17, 15) is 0 Å². The quantitative estimate of drug-likeness (QED) is 0.466. The Bertz CT molecular complexity index is 846. The Morgan fingerprint density at radius 2 is 1.59 bits per heavy atom. The van der Waals surface area contributed by atoms with Crippen molar-refractivity contribution >= 4 is 22.8 Å². The van der Waals surface area contributed by atoms with Crippen LogP contribution in [0.1, 0.15) is 65.0 Å².